The van der Waals surface area contributed by atoms with Crippen LogP contribution in [-0.2, 0) is 4.79 Å². The number of allylic oxidation sites excluding steroid dienone is 3. The van der Waals surface area contributed by atoms with Gasteiger partial charge in [0, 0.05) is 5.41 Å². The van der Waals surface area contributed by atoms with E-state index in [4.69, 9.17) is 0 Å². The first-order chi connectivity index (χ1) is 6.72. The summed E-state index contributed by atoms with van der Waals surface area (Å²) in [6.45, 7) is 2.24. The van der Waals surface area contributed by atoms with Crippen molar-refractivity contribution in [1.82, 2.24) is 0 Å². The third-order valence-corrected chi connectivity index (χ3v) is 4.47. The van der Waals surface area contributed by atoms with E-state index in [1.54, 1.807) is 0 Å². The number of hydrogen-bond donors (Lipinski definition) is 0. The molecule has 2 aliphatic carbocycles. The Balaban J connectivity index is 2.34. The van der Waals surface area contributed by atoms with Crippen LogP contribution in [0.15, 0.2) is 22.2 Å². The number of hydrogen-bond acceptors (Lipinski definition) is 1. The van der Waals surface area contributed by atoms with E-state index in [1.165, 1.54) is 18.4 Å². The summed E-state index contributed by atoms with van der Waals surface area (Å²) in [7, 11) is 0. The summed E-state index contributed by atoms with van der Waals surface area (Å²) in [5, 5.41) is 0. The van der Waals surface area contributed by atoms with Crippen LogP contribution in [-0.4, -0.2) is 6.29 Å². The largest absolute Gasteiger partial charge is 0.298 e. The minimum Gasteiger partial charge on any atom is -0.298 e. The van der Waals surface area contributed by atoms with Gasteiger partial charge < -0.3 is 0 Å². The van der Waals surface area contributed by atoms with Crippen LogP contribution in [0.2, 0.25) is 0 Å². The van der Waals surface area contributed by atoms with Crippen molar-refractivity contribution in [1.29, 1.82) is 0 Å². The molecule has 1 fully saturated rings. The van der Waals surface area contributed by atoms with Gasteiger partial charge in [0.2, 0.25) is 0 Å². The van der Waals surface area contributed by atoms with Crippen LogP contribution in [0.4, 0.5) is 0 Å². The number of halogens is 1. The van der Waals surface area contributed by atoms with Gasteiger partial charge in [-0.1, -0.05) is 34.5 Å². The van der Waals surface area contributed by atoms with Crippen LogP contribution < -0.4 is 0 Å². The van der Waals surface area contributed by atoms with Crippen LogP contribution in [0.3, 0.4) is 0 Å². The molecule has 0 unspecified atom stereocenters. The van der Waals surface area contributed by atoms with Crippen molar-refractivity contribution in [3.8, 4) is 0 Å². The topological polar surface area (TPSA) is 17.1 Å². The molecule has 0 aromatic rings. The lowest BCUT2D eigenvalue weighted by Gasteiger charge is -2.39. The van der Waals surface area contributed by atoms with Gasteiger partial charge in [-0.05, 0) is 42.2 Å². The van der Waals surface area contributed by atoms with E-state index in [0.717, 1.165) is 24.7 Å². The normalized spacial score (nSPS) is 39.4. The molecule has 1 nitrogen and oxygen atoms in total. The van der Waals surface area contributed by atoms with Crippen LogP contribution in [0, 0.1) is 11.3 Å². The predicted molar refractivity (Wildman–Crippen MR) is 61.2 cm³/mol. The maximum Gasteiger partial charge on any atom is 0.146 e. The van der Waals surface area contributed by atoms with Gasteiger partial charge in [-0.3, -0.25) is 4.79 Å². The highest BCUT2D eigenvalue weighted by Crippen LogP contribution is 2.53. The Bertz CT molecular complexity index is 316. The lowest BCUT2D eigenvalue weighted by molar-refractivity contribution is -0.106. The summed E-state index contributed by atoms with van der Waals surface area (Å²) >= 11 is 3.44. The Kier molecular flexibility index (Phi) is 2.65. The third kappa shape index (κ3) is 1.31. The second-order valence-corrected chi connectivity index (χ2v) is 4.98. The molecule has 0 aromatic heterocycles. The van der Waals surface area contributed by atoms with Crippen LogP contribution in [0.5, 0.6) is 0 Å². The zero-order valence-electron chi connectivity index (χ0n) is 8.42. The predicted octanol–water partition coefficient (Wildman–Crippen LogP) is 3.60. The van der Waals surface area contributed by atoms with Crippen molar-refractivity contribution < 1.29 is 4.79 Å². The maximum atomic E-state index is 11.0. The smallest absolute Gasteiger partial charge is 0.146 e. The molecule has 0 aliphatic heterocycles. The molecule has 0 amide bonds. The standard InChI is InChI=1S/C12H15BrO/c1-12-6-2-3-9(7-13)11(12)5-4-10(12)8-14/h4,7-8,11H,2-3,5-6H2,1H3/b9-7+/t11-,12+/m0/s1. The zero-order valence-corrected chi connectivity index (χ0v) is 10.0. The number of carbonyl (C=O) groups excluding carboxylic acids is 1. The summed E-state index contributed by atoms with van der Waals surface area (Å²) in [4.78, 5) is 13.0. The molecule has 0 N–H and O–H groups in total. The number of fused-ring (bicyclic) bond motifs is 1. The molecule has 2 heteroatoms. The average molecular weight is 255 g/mol. The van der Waals surface area contributed by atoms with Crippen molar-refractivity contribution in [3.05, 3.63) is 22.2 Å². The fraction of sp³-hybridized carbons (Fsp3) is 0.583. The highest BCUT2D eigenvalue weighted by atomic mass is 79.9. The van der Waals surface area contributed by atoms with Gasteiger partial charge in [-0.25, -0.2) is 0 Å². The number of rotatable bonds is 1. The monoisotopic (exact) mass is 254 g/mol. The Labute approximate surface area is 93.4 Å². The van der Waals surface area contributed by atoms with E-state index >= 15 is 0 Å². The fourth-order valence-electron chi connectivity index (χ4n) is 2.97. The Morgan fingerprint density at radius 3 is 3.07 bits per heavy atom. The highest BCUT2D eigenvalue weighted by molar-refractivity contribution is 9.11. The van der Waals surface area contributed by atoms with Crippen molar-refractivity contribution in [2.24, 2.45) is 11.3 Å². The molecule has 0 aromatic carbocycles. The van der Waals surface area contributed by atoms with Crippen molar-refractivity contribution in [2.75, 3.05) is 0 Å². The van der Waals surface area contributed by atoms with Gasteiger partial charge in [0.15, 0.2) is 0 Å². The lowest BCUT2D eigenvalue weighted by atomic mass is 9.65. The summed E-state index contributed by atoms with van der Waals surface area (Å²) < 4.78 is 0. The molecule has 0 heterocycles. The maximum absolute atomic E-state index is 11.0. The summed E-state index contributed by atoms with van der Waals surface area (Å²) in [5.74, 6) is 0.566. The molecule has 0 radical (unpaired) electrons. The van der Waals surface area contributed by atoms with Crippen LogP contribution >= 0.6 is 15.9 Å². The molecule has 14 heavy (non-hydrogen) atoms. The molecule has 0 saturated heterocycles. The van der Waals surface area contributed by atoms with Gasteiger partial charge in [0.1, 0.15) is 6.29 Å². The van der Waals surface area contributed by atoms with Crippen molar-refractivity contribution in [3.63, 3.8) is 0 Å². The zero-order chi connectivity index (χ0) is 10.2. The minimum atomic E-state index is 0.125. The van der Waals surface area contributed by atoms with Gasteiger partial charge in [-0.2, -0.15) is 0 Å². The molecule has 2 atom stereocenters. The van der Waals surface area contributed by atoms with Gasteiger partial charge >= 0.3 is 0 Å². The van der Waals surface area contributed by atoms with E-state index < -0.39 is 0 Å². The number of carbonyl (C=O) groups is 1. The Hall–Kier alpha value is -0.370. The summed E-state index contributed by atoms with van der Waals surface area (Å²) in [6, 6.07) is 0. The summed E-state index contributed by atoms with van der Waals surface area (Å²) in [6.07, 6.45) is 7.77. The first-order valence-corrected chi connectivity index (χ1v) is 6.09. The lowest BCUT2D eigenvalue weighted by Crippen LogP contribution is -2.30. The second-order valence-electron chi connectivity index (χ2n) is 4.52. The SMILES string of the molecule is C[C@]12CCC/C(=C\Br)[C@@H]1CC=C2C=O. The number of aldehydes is 1. The van der Waals surface area contributed by atoms with Gasteiger partial charge in [-0.15, -0.1) is 0 Å². The molecular formula is C12H15BrO. The van der Waals surface area contributed by atoms with Gasteiger partial charge in [0.25, 0.3) is 0 Å². The Morgan fingerprint density at radius 1 is 1.64 bits per heavy atom. The van der Waals surface area contributed by atoms with Crippen molar-refractivity contribution >= 4 is 22.2 Å². The minimum absolute atomic E-state index is 0.125. The van der Waals surface area contributed by atoms with E-state index in [1.807, 2.05) is 0 Å². The van der Waals surface area contributed by atoms with E-state index in [-0.39, 0.29) is 5.41 Å². The fourth-order valence-corrected chi connectivity index (χ4v) is 3.51. The van der Waals surface area contributed by atoms with Crippen LogP contribution in [0.25, 0.3) is 0 Å². The molecule has 76 valence electrons. The third-order valence-electron chi connectivity index (χ3n) is 3.88. The molecule has 2 aliphatic rings. The Morgan fingerprint density at radius 2 is 2.43 bits per heavy atom. The van der Waals surface area contributed by atoms with Gasteiger partial charge in [0.05, 0.1) is 0 Å². The summed E-state index contributed by atoms with van der Waals surface area (Å²) in [5.41, 5.74) is 2.63. The average Bonchev–Trinajstić information content (AvgIpc) is 2.53. The molecular weight excluding hydrogens is 240 g/mol. The van der Waals surface area contributed by atoms with Crippen molar-refractivity contribution in [2.45, 2.75) is 32.6 Å². The first-order valence-electron chi connectivity index (χ1n) is 5.17. The molecule has 1 saturated carbocycles. The second kappa shape index (κ2) is 3.65. The molecule has 2 rings (SSSR count). The van der Waals surface area contributed by atoms with Crippen LogP contribution in [0.1, 0.15) is 32.6 Å². The quantitative estimate of drug-likeness (QED) is 0.654. The highest BCUT2D eigenvalue weighted by Gasteiger charge is 2.44. The van der Waals surface area contributed by atoms with E-state index in [2.05, 4.69) is 33.9 Å². The van der Waals surface area contributed by atoms with E-state index in [9.17, 15) is 4.79 Å². The first kappa shape index (κ1) is 10.2. The molecule has 0 spiro atoms. The van der Waals surface area contributed by atoms with E-state index in [0.29, 0.717) is 5.92 Å². The molecule has 0 bridgehead atoms.